The molecular formula is C30H31FN4O3. The minimum atomic E-state index is -0.208. The third-order valence-electron chi connectivity index (χ3n) is 7.66. The Hall–Kier alpha value is -3.78. The van der Waals surface area contributed by atoms with Crippen molar-refractivity contribution in [2.45, 2.75) is 44.4 Å². The Bertz CT molecular complexity index is 1470. The van der Waals surface area contributed by atoms with Crippen molar-refractivity contribution in [2.24, 2.45) is 13.0 Å². The molecule has 1 saturated carbocycles. The number of pyridine rings is 1. The number of imidazole rings is 1. The third-order valence-corrected chi connectivity index (χ3v) is 7.66. The summed E-state index contributed by atoms with van der Waals surface area (Å²) in [5, 5.41) is 3.33. The van der Waals surface area contributed by atoms with E-state index in [4.69, 9.17) is 14.5 Å². The molecule has 38 heavy (non-hydrogen) atoms. The van der Waals surface area contributed by atoms with Crippen LogP contribution in [-0.2, 0) is 23.0 Å². The monoisotopic (exact) mass is 514 g/mol. The number of carbonyl (C=O) groups excluding carboxylic acids is 1. The molecule has 0 spiro atoms. The molecule has 1 saturated heterocycles. The van der Waals surface area contributed by atoms with E-state index in [2.05, 4.69) is 10.3 Å². The normalized spacial score (nSPS) is 17.8. The van der Waals surface area contributed by atoms with Gasteiger partial charge in [0, 0.05) is 55.9 Å². The zero-order valence-electron chi connectivity index (χ0n) is 21.5. The van der Waals surface area contributed by atoms with Gasteiger partial charge in [0.25, 0.3) is 0 Å². The van der Waals surface area contributed by atoms with Crippen molar-refractivity contribution in [2.75, 3.05) is 18.5 Å². The Morgan fingerprint density at radius 2 is 1.95 bits per heavy atom. The second-order valence-electron chi connectivity index (χ2n) is 10.3. The number of nitrogens with one attached hydrogen (secondary N) is 1. The predicted octanol–water partition coefficient (Wildman–Crippen LogP) is 6.45. The predicted molar refractivity (Wildman–Crippen MR) is 144 cm³/mol. The van der Waals surface area contributed by atoms with Crippen LogP contribution in [0.25, 0.3) is 11.0 Å². The van der Waals surface area contributed by atoms with E-state index in [-0.39, 0.29) is 23.4 Å². The van der Waals surface area contributed by atoms with Gasteiger partial charge in [0.2, 0.25) is 5.95 Å². The Labute approximate surface area is 221 Å². The third kappa shape index (κ3) is 5.13. The summed E-state index contributed by atoms with van der Waals surface area (Å²) in [6.45, 7) is 1.21. The van der Waals surface area contributed by atoms with Gasteiger partial charge in [-0.15, -0.1) is 0 Å². The number of anilines is 2. The molecule has 0 amide bonds. The molecule has 196 valence electrons. The average molecular weight is 515 g/mol. The number of fused-ring (bicyclic) bond motifs is 1. The number of aromatic nitrogens is 3. The number of nitrogens with zero attached hydrogens (tertiary/aromatic N) is 3. The number of aryl methyl sites for hydroxylation is 1. The standard InChI is InChI=1S/C30H31FN4O3/c1-35-28-9-7-23(38-24-10-12-32-22(14-24)16-29(36)19-4-2-3-5-19)17-27(28)34-30(35)33-21-6-8-26(31)25(15-21)20-11-13-37-18-20/h6-10,12,14-15,17,19-20H,2-5,11,13,16,18H2,1H3,(H,33,34). The van der Waals surface area contributed by atoms with E-state index in [1.807, 2.05) is 41.9 Å². The highest BCUT2D eigenvalue weighted by Gasteiger charge is 2.23. The SMILES string of the molecule is Cn1c(Nc2ccc(F)c(C3CCOC3)c2)nc2cc(Oc3ccnc(CC(=O)C4CCCC4)c3)ccc21. The number of ether oxygens (including phenoxy) is 2. The molecule has 0 radical (unpaired) electrons. The van der Waals surface area contributed by atoms with Gasteiger partial charge in [-0.25, -0.2) is 9.37 Å². The fourth-order valence-electron chi connectivity index (χ4n) is 5.52. The fourth-order valence-corrected chi connectivity index (χ4v) is 5.52. The van der Waals surface area contributed by atoms with Crippen molar-refractivity contribution in [3.63, 3.8) is 0 Å². The van der Waals surface area contributed by atoms with E-state index in [1.54, 1.807) is 18.3 Å². The van der Waals surface area contributed by atoms with Crippen LogP contribution >= 0.6 is 0 Å². The zero-order chi connectivity index (χ0) is 26.1. The highest BCUT2D eigenvalue weighted by Crippen LogP contribution is 2.32. The fraction of sp³-hybridized carbons (Fsp3) is 0.367. The van der Waals surface area contributed by atoms with Crippen molar-refractivity contribution in [1.82, 2.24) is 14.5 Å². The summed E-state index contributed by atoms with van der Waals surface area (Å²) in [6.07, 6.45) is 7.12. The first-order valence-corrected chi connectivity index (χ1v) is 13.3. The Balaban J connectivity index is 1.18. The van der Waals surface area contributed by atoms with Gasteiger partial charge >= 0.3 is 0 Å². The van der Waals surface area contributed by atoms with Gasteiger partial charge in [-0.2, -0.15) is 0 Å². The smallest absolute Gasteiger partial charge is 0.208 e. The minimum absolute atomic E-state index is 0.0754. The van der Waals surface area contributed by atoms with Crippen LogP contribution in [0, 0.1) is 11.7 Å². The van der Waals surface area contributed by atoms with Gasteiger partial charge in [-0.05, 0) is 61.2 Å². The van der Waals surface area contributed by atoms with E-state index >= 15 is 0 Å². The number of ketones is 1. The first kappa shape index (κ1) is 24.6. The van der Waals surface area contributed by atoms with Gasteiger partial charge in [-0.3, -0.25) is 9.78 Å². The molecule has 1 aliphatic heterocycles. The molecule has 8 heteroatoms. The van der Waals surface area contributed by atoms with Gasteiger partial charge in [-0.1, -0.05) is 12.8 Å². The van der Waals surface area contributed by atoms with Gasteiger partial charge < -0.3 is 19.4 Å². The lowest BCUT2D eigenvalue weighted by Gasteiger charge is -2.13. The number of halogens is 1. The summed E-state index contributed by atoms with van der Waals surface area (Å²) in [5.74, 6) is 2.24. The first-order chi connectivity index (χ1) is 18.5. The highest BCUT2D eigenvalue weighted by atomic mass is 19.1. The van der Waals surface area contributed by atoms with Crippen LogP contribution in [0.2, 0.25) is 0 Å². The molecule has 1 N–H and O–H groups in total. The molecule has 3 heterocycles. The molecule has 4 aromatic rings. The van der Waals surface area contributed by atoms with Crippen LogP contribution < -0.4 is 10.1 Å². The largest absolute Gasteiger partial charge is 0.457 e. The van der Waals surface area contributed by atoms with Crippen molar-refractivity contribution in [3.05, 3.63) is 71.8 Å². The van der Waals surface area contributed by atoms with Crippen LogP contribution in [-0.4, -0.2) is 33.5 Å². The van der Waals surface area contributed by atoms with Crippen LogP contribution in [0.1, 0.15) is 49.3 Å². The van der Waals surface area contributed by atoms with E-state index in [9.17, 15) is 9.18 Å². The molecule has 1 aliphatic carbocycles. The molecule has 7 nitrogen and oxygen atoms in total. The number of hydrogen-bond acceptors (Lipinski definition) is 6. The Kier molecular flexibility index (Phi) is 6.81. The lowest BCUT2D eigenvalue weighted by molar-refractivity contribution is -0.122. The molecular weight excluding hydrogens is 483 g/mol. The van der Waals surface area contributed by atoms with Crippen molar-refractivity contribution in [1.29, 1.82) is 0 Å². The molecule has 2 aromatic heterocycles. The first-order valence-electron chi connectivity index (χ1n) is 13.3. The van der Waals surface area contributed by atoms with Gasteiger partial charge in [0.1, 0.15) is 23.1 Å². The quantitative estimate of drug-likeness (QED) is 0.291. The highest BCUT2D eigenvalue weighted by molar-refractivity contribution is 5.83. The topological polar surface area (TPSA) is 78.3 Å². The maximum atomic E-state index is 14.4. The second-order valence-corrected chi connectivity index (χ2v) is 10.3. The molecule has 6 rings (SSSR count). The summed E-state index contributed by atoms with van der Waals surface area (Å²) >= 11 is 0. The van der Waals surface area contributed by atoms with Crippen molar-refractivity contribution >= 4 is 28.5 Å². The zero-order valence-corrected chi connectivity index (χ0v) is 21.5. The molecule has 2 aromatic carbocycles. The summed E-state index contributed by atoms with van der Waals surface area (Å²) in [6, 6.07) is 14.4. The Morgan fingerprint density at radius 1 is 1.11 bits per heavy atom. The minimum Gasteiger partial charge on any atom is -0.457 e. The van der Waals surface area contributed by atoms with Gasteiger partial charge in [0.05, 0.1) is 23.3 Å². The molecule has 1 unspecified atom stereocenters. The number of benzene rings is 2. The Morgan fingerprint density at radius 3 is 2.76 bits per heavy atom. The number of Topliss-reactive ketones (excluding diaryl/α,β-unsaturated/α-hetero) is 1. The van der Waals surface area contributed by atoms with Crippen LogP contribution in [0.5, 0.6) is 11.5 Å². The summed E-state index contributed by atoms with van der Waals surface area (Å²) < 4.78 is 28.0. The lowest BCUT2D eigenvalue weighted by atomic mass is 9.97. The van der Waals surface area contributed by atoms with Crippen LogP contribution in [0.4, 0.5) is 16.0 Å². The number of rotatable bonds is 8. The van der Waals surface area contributed by atoms with E-state index in [0.29, 0.717) is 42.6 Å². The summed E-state index contributed by atoms with van der Waals surface area (Å²) in [5.41, 5.74) is 3.88. The molecule has 2 fully saturated rings. The van der Waals surface area contributed by atoms with E-state index in [0.717, 1.165) is 54.5 Å². The van der Waals surface area contributed by atoms with Gasteiger partial charge in [0.15, 0.2) is 0 Å². The second kappa shape index (κ2) is 10.5. The summed E-state index contributed by atoms with van der Waals surface area (Å²) in [7, 11) is 1.93. The van der Waals surface area contributed by atoms with Crippen LogP contribution in [0.3, 0.4) is 0 Å². The number of carbonyl (C=O) groups is 1. The van der Waals surface area contributed by atoms with E-state index in [1.165, 1.54) is 6.07 Å². The maximum Gasteiger partial charge on any atom is 0.208 e. The lowest BCUT2D eigenvalue weighted by Crippen LogP contribution is -2.14. The molecule has 0 bridgehead atoms. The van der Waals surface area contributed by atoms with Crippen molar-refractivity contribution < 1.29 is 18.7 Å². The number of hydrogen-bond donors (Lipinski definition) is 1. The summed E-state index contributed by atoms with van der Waals surface area (Å²) in [4.78, 5) is 21.7. The molecule has 1 atom stereocenters. The average Bonchev–Trinajstić information content (AvgIpc) is 3.68. The van der Waals surface area contributed by atoms with E-state index < -0.39 is 0 Å². The molecule has 2 aliphatic rings. The van der Waals surface area contributed by atoms with Crippen LogP contribution in [0.15, 0.2) is 54.7 Å². The maximum absolute atomic E-state index is 14.4. The van der Waals surface area contributed by atoms with Crippen molar-refractivity contribution in [3.8, 4) is 11.5 Å².